The highest BCUT2D eigenvalue weighted by Crippen LogP contribution is 2.42. The van der Waals surface area contributed by atoms with Gasteiger partial charge in [-0.25, -0.2) is 0 Å². The van der Waals surface area contributed by atoms with Crippen LogP contribution in [0, 0.1) is 10.1 Å². The molecule has 0 heterocycles. The van der Waals surface area contributed by atoms with Gasteiger partial charge in [0.2, 0.25) is 0 Å². The average molecular weight is 479 g/mol. The first kappa shape index (κ1) is 25.2. The van der Waals surface area contributed by atoms with Crippen LogP contribution >= 0.6 is 0 Å². The zero-order valence-corrected chi connectivity index (χ0v) is 21.9. The van der Waals surface area contributed by atoms with Gasteiger partial charge in [0.1, 0.15) is 5.69 Å². The summed E-state index contributed by atoms with van der Waals surface area (Å²) in [7, 11) is 0. The summed E-state index contributed by atoms with van der Waals surface area (Å²) in [5, 5.41) is 15.3. The molecule has 0 unspecified atom stereocenters. The van der Waals surface area contributed by atoms with E-state index in [1.165, 1.54) is 17.2 Å². The molecule has 0 saturated carbocycles. The quantitative estimate of drug-likeness (QED) is 0.230. The zero-order chi connectivity index (χ0) is 26.1. The summed E-state index contributed by atoms with van der Waals surface area (Å²) in [4.78, 5) is 11.5. The van der Waals surface area contributed by atoms with Gasteiger partial charge in [-0.2, -0.15) is 0 Å². The molecule has 0 bridgehead atoms. The fourth-order valence-electron chi connectivity index (χ4n) is 4.31. The van der Waals surface area contributed by atoms with Gasteiger partial charge in [-0.15, -0.1) is 0 Å². The van der Waals surface area contributed by atoms with E-state index >= 15 is 0 Å². The first-order valence-electron chi connectivity index (χ1n) is 12.3. The monoisotopic (exact) mass is 478 g/mol. The van der Waals surface area contributed by atoms with Crippen molar-refractivity contribution in [3.8, 4) is 22.3 Å². The fraction of sp³-hybridized carbons (Fsp3) is 0.250. The van der Waals surface area contributed by atoms with Crippen LogP contribution in [0.5, 0.6) is 0 Å². The number of hydrogen-bond acceptors (Lipinski definition) is 3. The van der Waals surface area contributed by atoms with Crippen LogP contribution < -0.4 is 5.32 Å². The molecule has 4 rings (SSSR count). The molecule has 1 N–H and O–H groups in total. The van der Waals surface area contributed by atoms with Crippen LogP contribution in [0.2, 0.25) is 0 Å². The van der Waals surface area contributed by atoms with Crippen LogP contribution in [-0.2, 0) is 10.8 Å². The van der Waals surface area contributed by atoms with Crippen LogP contribution in [0.15, 0.2) is 91.0 Å². The Morgan fingerprint density at radius 3 is 1.72 bits per heavy atom. The summed E-state index contributed by atoms with van der Waals surface area (Å²) >= 11 is 0. The second-order valence-electron chi connectivity index (χ2n) is 11.3. The number of anilines is 2. The summed E-state index contributed by atoms with van der Waals surface area (Å²) < 4.78 is 0. The minimum absolute atomic E-state index is 0.0289. The van der Waals surface area contributed by atoms with Crippen LogP contribution in [0.3, 0.4) is 0 Å². The van der Waals surface area contributed by atoms with E-state index in [4.69, 9.17) is 0 Å². The Kier molecular flexibility index (Phi) is 6.73. The smallest absolute Gasteiger partial charge is 0.292 e. The molecule has 0 saturated heterocycles. The van der Waals surface area contributed by atoms with E-state index < -0.39 is 0 Å². The number of para-hydroxylation sites is 3. The number of hydrogen-bond donors (Lipinski definition) is 1. The lowest BCUT2D eigenvalue weighted by molar-refractivity contribution is -0.383. The summed E-state index contributed by atoms with van der Waals surface area (Å²) in [6.07, 6.45) is 0. The minimum atomic E-state index is -0.342. The van der Waals surface area contributed by atoms with E-state index in [0.29, 0.717) is 5.69 Å². The Morgan fingerprint density at radius 2 is 1.17 bits per heavy atom. The molecule has 36 heavy (non-hydrogen) atoms. The Balaban J connectivity index is 2.01. The van der Waals surface area contributed by atoms with Crippen molar-refractivity contribution in [1.29, 1.82) is 0 Å². The van der Waals surface area contributed by atoms with Crippen molar-refractivity contribution in [3.63, 3.8) is 0 Å². The van der Waals surface area contributed by atoms with Gasteiger partial charge in [-0.1, -0.05) is 120 Å². The number of nitro groups is 1. The SMILES string of the molecule is CC(C)(C)c1cc(-c2cccc(-c3ccccc3)c2Nc2ccccc2[N+](=O)[O-])cc(C(C)(C)C)c1. The van der Waals surface area contributed by atoms with E-state index in [1.54, 1.807) is 12.1 Å². The molecular weight excluding hydrogens is 444 g/mol. The van der Waals surface area contributed by atoms with Gasteiger partial charge in [-0.05, 0) is 39.2 Å². The van der Waals surface area contributed by atoms with Crippen molar-refractivity contribution >= 4 is 17.1 Å². The molecule has 0 aromatic heterocycles. The molecule has 0 aliphatic carbocycles. The first-order valence-corrected chi connectivity index (χ1v) is 12.3. The number of nitro benzene ring substituents is 1. The molecule has 0 atom stereocenters. The van der Waals surface area contributed by atoms with Gasteiger partial charge in [0.15, 0.2) is 0 Å². The maximum absolute atomic E-state index is 11.8. The van der Waals surface area contributed by atoms with Crippen LogP contribution in [0.25, 0.3) is 22.3 Å². The third kappa shape index (κ3) is 5.33. The van der Waals surface area contributed by atoms with Gasteiger partial charge in [0.25, 0.3) is 5.69 Å². The number of rotatable bonds is 5. The molecule has 0 aliphatic rings. The highest BCUT2D eigenvalue weighted by Gasteiger charge is 2.23. The van der Waals surface area contributed by atoms with Crippen LogP contribution in [-0.4, -0.2) is 4.92 Å². The number of benzene rings is 4. The molecule has 4 aromatic carbocycles. The van der Waals surface area contributed by atoms with E-state index in [1.807, 2.05) is 24.3 Å². The molecular formula is C32H34N2O2. The molecule has 0 aliphatic heterocycles. The van der Waals surface area contributed by atoms with Crippen molar-refractivity contribution in [2.24, 2.45) is 0 Å². The van der Waals surface area contributed by atoms with Crippen LogP contribution in [0.4, 0.5) is 17.1 Å². The van der Waals surface area contributed by atoms with E-state index in [-0.39, 0.29) is 21.4 Å². The molecule has 0 fully saturated rings. The molecule has 0 spiro atoms. The van der Waals surface area contributed by atoms with Crippen molar-refractivity contribution in [2.75, 3.05) is 5.32 Å². The summed E-state index contributed by atoms with van der Waals surface area (Å²) in [6.45, 7) is 13.4. The van der Waals surface area contributed by atoms with Crippen LogP contribution in [0.1, 0.15) is 52.7 Å². The fourth-order valence-corrected chi connectivity index (χ4v) is 4.31. The van der Waals surface area contributed by atoms with Gasteiger partial charge < -0.3 is 5.32 Å². The normalized spacial score (nSPS) is 11.8. The predicted octanol–water partition coefficient (Wildman–Crippen LogP) is 9.27. The van der Waals surface area contributed by atoms with E-state index in [9.17, 15) is 10.1 Å². The molecule has 4 heteroatoms. The van der Waals surface area contributed by atoms with Crippen molar-refractivity contribution < 1.29 is 4.92 Å². The van der Waals surface area contributed by atoms with E-state index in [0.717, 1.165) is 27.9 Å². The Bertz CT molecular complexity index is 1360. The van der Waals surface area contributed by atoms with Gasteiger partial charge in [-0.3, -0.25) is 10.1 Å². The Labute approximate surface area is 214 Å². The molecule has 4 nitrogen and oxygen atoms in total. The second kappa shape index (κ2) is 9.62. The van der Waals surface area contributed by atoms with E-state index in [2.05, 4.69) is 95.4 Å². The Morgan fingerprint density at radius 1 is 0.639 bits per heavy atom. The predicted molar refractivity (Wildman–Crippen MR) is 151 cm³/mol. The third-order valence-electron chi connectivity index (χ3n) is 6.49. The molecule has 0 amide bonds. The lowest BCUT2D eigenvalue weighted by Crippen LogP contribution is -2.16. The topological polar surface area (TPSA) is 55.2 Å². The number of nitrogens with zero attached hydrogens (tertiary/aromatic N) is 1. The second-order valence-corrected chi connectivity index (χ2v) is 11.3. The highest BCUT2D eigenvalue weighted by molar-refractivity contribution is 5.94. The van der Waals surface area contributed by atoms with Gasteiger partial charge >= 0.3 is 0 Å². The summed E-state index contributed by atoms with van der Waals surface area (Å²) in [6, 6.07) is 30.0. The highest BCUT2D eigenvalue weighted by atomic mass is 16.6. The Hall–Kier alpha value is -3.92. The largest absolute Gasteiger partial charge is 0.349 e. The first-order chi connectivity index (χ1) is 16.9. The summed E-state index contributed by atoms with van der Waals surface area (Å²) in [5.41, 5.74) is 7.95. The lowest BCUT2D eigenvalue weighted by Gasteiger charge is -2.27. The molecule has 184 valence electrons. The maximum atomic E-state index is 11.8. The maximum Gasteiger partial charge on any atom is 0.292 e. The van der Waals surface area contributed by atoms with Crippen molar-refractivity contribution in [3.05, 3.63) is 112 Å². The standard InChI is InChI=1S/C32H34N2O2/c1-31(2,3)24-19-23(20-25(21-24)32(4,5)6)27-16-12-15-26(22-13-8-7-9-14-22)30(27)33-28-17-10-11-18-29(28)34(35)36/h7-21,33H,1-6H3. The molecule has 0 radical (unpaired) electrons. The number of nitrogens with one attached hydrogen (secondary N) is 1. The third-order valence-corrected chi connectivity index (χ3v) is 6.49. The van der Waals surface area contributed by atoms with Gasteiger partial charge in [0, 0.05) is 17.2 Å². The minimum Gasteiger partial charge on any atom is -0.349 e. The lowest BCUT2D eigenvalue weighted by atomic mass is 9.78. The molecule has 4 aromatic rings. The zero-order valence-electron chi connectivity index (χ0n) is 21.9. The average Bonchev–Trinajstić information content (AvgIpc) is 2.83. The summed E-state index contributed by atoms with van der Waals surface area (Å²) in [5.74, 6) is 0. The van der Waals surface area contributed by atoms with Crippen molar-refractivity contribution in [1.82, 2.24) is 0 Å². The van der Waals surface area contributed by atoms with Gasteiger partial charge in [0.05, 0.1) is 10.6 Å². The van der Waals surface area contributed by atoms with Crippen molar-refractivity contribution in [2.45, 2.75) is 52.4 Å².